The fourth-order valence-electron chi connectivity index (χ4n) is 4.31. The lowest BCUT2D eigenvalue weighted by atomic mass is 10.0. The first-order chi connectivity index (χ1) is 17.7. The number of rotatable bonds is 4. The summed E-state index contributed by atoms with van der Waals surface area (Å²) in [6.07, 6.45) is 7.82. The number of benzene rings is 2. The van der Waals surface area contributed by atoms with Crippen molar-refractivity contribution in [1.82, 2.24) is 20.4 Å². The van der Waals surface area contributed by atoms with Crippen LogP contribution < -0.4 is 10.6 Å². The van der Waals surface area contributed by atoms with Gasteiger partial charge in [0.15, 0.2) is 0 Å². The van der Waals surface area contributed by atoms with Gasteiger partial charge in [0.2, 0.25) is 18.2 Å². The smallest absolute Gasteiger partial charge is 0.246 e. The minimum absolute atomic E-state index is 0.0166. The molecule has 3 rings (SSSR count). The largest absolute Gasteiger partial charge is 0.356 e. The van der Waals surface area contributed by atoms with Gasteiger partial charge in [-0.15, -0.1) is 0 Å². The Bertz CT molecular complexity index is 965. The molecule has 0 radical (unpaired) electrons. The minimum Gasteiger partial charge on any atom is -0.356 e. The molecule has 3 amide bonds. The summed E-state index contributed by atoms with van der Waals surface area (Å²) in [6, 6.07) is 19.6. The van der Waals surface area contributed by atoms with Crippen molar-refractivity contribution in [3.8, 4) is 0 Å². The molecule has 1 aliphatic heterocycles. The van der Waals surface area contributed by atoms with Gasteiger partial charge < -0.3 is 20.4 Å². The molecule has 1 unspecified atom stereocenters. The van der Waals surface area contributed by atoms with E-state index in [-0.39, 0.29) is 17.9 Å². The predicted molar refractivity (Wildman–Crippen MR) is 143 cm³/mol. The van der Waals surface area contributed by atoms with Gasteiger partial charge in [-0.25, -0.2) is 0 Å². The van der Waals surface area contributed by atoms with Crippen LogP contribution in [-0.2, 0) is 14.4 Å². The van der Waals surface area contributed by atoms with Gasteiger partial charge in [-0.3, -0.25) is 14.4 Å². The third kappa shape index (κ3) is 9.66. The zero-order chi connectivity index (χ0) is 25.4. The molecule has 36 heavy (non-hydrogen) atoms. The molecule has 192 valence electrons. The standard InChI is InChI=1S/C29H38N4O3/c34-24-32-19-7-8-21-33(29(36)16-15-25-11-3-1-4-12-25)22-10-18-31-28(35)23-27(30-17-9-20-32)26-13-5-2-6-14-26/h1-6,11-16,24,27,30H,7-10,17-23H2,(H,31,35)/b16-15+. The molecular weight excluding hydrogens is 452 g/mol. The van der Waals surface area contributed by atoms with Crippen LogP contribution in [0, 0.1) is 0 Å². The van der Waals surface area contributed by atoms with Crippen LogP contribution in [0.2, 0.25) is 0 Å². The van der Waals surface area contributed by atoms with E-state index in [9.17, 15) is 14.4 Å². The van der Waals surface area contributed by atoms with Crippen molar-refractivity contribution in [3.05, 3.63) is 77.9 Å². The van der Waals surface area contributed by atoms with E-state index < -0.39 is 0 Å². The molecular formula is C29H38N4O3. The molecule has 1 saturated heterocycles. The maximum Gasteiger partial charge on any atom is 0.246 e. The molecule has 2 N–H and O–H groups in total. The molecule has 2 aromatic rings. The van der Waals surface area contributed by atoms with Crippen molar-refractivity contribution in [3.63, 3.8) is 0 Å². The first-order valence-corrected chi connectivity index (χ1v) is 12.9. The molecule has 7 heteroatoms. The molecule has 1 heterocycles. The normalized spacial score (nSPS) is 19.4. The Kier molecular flexibility index (Phi) is 11.7. The molecule has 1 atom stereocenters. The molecule has 0 spiro atoms. The van der Waals surface area contributed by atoms with E-state index in [0.29, 0.717) is 52.1 Å². The van der Waals surface area contributed by atoms with Gasteiger partial charge in [0.1, 0.15) is 0 Å². The maximum atomic E-state index is 12.9. The van der Waals surface area contributed by atoms with Crippen LogP contribution in [0.4, 0.5) is 0 Å². The third-order valence-electron chi connectivity index (χ3n) is 6.33. The summed E-state index contributed by atoms with van der Waals surface area (Å²) in [4.78, 5) is 40.8. The fraction of sp³-hybridized carbons (Fsp3) is 0.414. The van der Waals surface area contributed by atoms with Crippen LogP contribution in [0.1, 0.15) is 49.3 Å². The van der Waals surface area contributed by atoms with Crippen molar-refractivity contribution in [2.24, 2.45) is 0 Å². The van der Waals surface area contributed by atoms with Crippen LogP contribution in [0.5, 0.6) is 0 Å². The number of hydrogen-bond acceptors (Lipinski definition) is 4. The Hall–Kier alpha value is -3.45. The average molecular weight is 491 g/mol. The monoisotopic (exact) mass is 490 g/mol. The summed E-state index contributed by atoms with van der Waals surface area (Å²) < 4.78 is 0. The van der Waals surface area contributed by atoms with E-state index in [1.807, 2.05) is 71.6 Å². The van der Waals surface area contributed by atoms with E-state index in [1.54, 1.807) is 11.0 Å². The molecule has 0 aromatic heterocycles. The lowest BCUT2D eigenvalue weighted by Gasteiger charge is -2.22. The van der Waals surface area contributed by atoms with Crippen molar-refractivity contribution in [1.29, 1.82) is 0 Å². The minimum atomic E-state index is -0.0900. The lowest BCUT2D eigenvalue weighted by molar-refractivity contribution is -0.126. The van der Waals surface area contributed by atoms with Crippen LogP contribution in [0.3, 0.4) is 0 Å². The Morgan fingerprint density at radius 2 is 1.47 bits per heavy atom. The summed E-state index contributed by atoms with van der Waals surface area (Å²) in [6.45, 7) is 3.76. The average Bonchev–Trinajstić information content (AvgIpc) is 2.92. The van der Waals surface area contributed by atoms with Crippen LogP contribution >= 0.6 is 0 Å². The van der Waals surface area contributed by atoms with Gasteiger partial charge in [0, 0.05) is 51.3 Å². The number of hydrogen-bond donors (Lipinski definition) is 2. The van der Waals surface area contributed by atoms with E-state index in [4.69, 9.17) is 0 Å². The molecule has 7 nitrogen and oxygen atoms in total. The van der Waals surface area contributed by atoms with E-state index >= 15 is 0 Å². The third-order valence-corrected chi connectivity index (χ3v) is 6.33. The van der Waals surface area contributed by atoms with Crippen molar-refractivity contribution >= 4 is 24.3 Å². The van der Waals surface area contributed by atoms with Gasteiger partial charge in [0.05, 0.1) is 0 Å². The van der Waals surface area contributed by atoms with E-state index in [0.717, 1.165) is 36.8 Å². The Labute approximate surface area is 214 Å². The zero-order valence-corrected chi connectivity index (χ0v) is 21.0. The predicted octanol–water partition coefficient (Wildman–Crippen LogP) is 3.40. The lowest BCUT2D eigenvalue weighted by Crippen LogP contribution is -2.35. The second-order valence-electron chi connectivity index (χ2n) is 9.10. The van der Waals surface area contributed by atoms with Gasteiger partial charge in [-0.05, 0) is 49.4 Å². The maximum absolute atomic E-state index is 12.9. The van der Waals surface area contributed by atoms with E-state index in [2.05, 4.69) is 10.6 Å². The molecule has 0 bridgehead atoms. The Morgan fingerprint density at radius 1 is 0.833 bits per heavy atom. The summed E-state index contributed by atoms with van der Waals surface area (Å²) in [5.41, 5.74) is 2.05. The van der Waals surface area contributed by atoms with Crippen LogP contribution in [-0.4, -0.2) is 67.3 Å². The Morgan fingerprint density at radius 3 is 2.22 bits per heavy atom. The summed E-state index contributed by atoms with van der Waals surface area (Å²) >= 11 is 0. The van der Waals surface area contributed by atoms with Gasteiger partial charge in [-0.2, -0.15) is 0 Å². The number of nitrogens with one attached hydrogen (secondary N) is 2. The van der Waals surface area contributed by atoms with Crippen LogP contribution in [0.15, 0.2) is 66.7 Å². The highest BCUT2D eigenvalue weighted by atomic mass is 16.2. The Balaban J connectivity index is 1.63. The number of carbonyl (C=O) groups is 3. The SMILES string of the molecule is O=CN1CCCCN(C(=O)/C=C/c2ccccc2)CCCNC(=O)CC(c2ccccc2)NCCC1. The molecule has 1 aliphatic rings. The highest BCUT2D eigenvalue weighted by Gasteiger charge is 2.16. The number of amides is 3. The number of carbonyl (C=O) groups excluding carboxylic acids is 3. The van der Waals surface area contributed by atoms with Crippen molar-refractivity contribution in [2.45, 2.75) is 38.1 Å². The van der Waals surface area contributed by atoms with E-state index in [1.165, 1.54) is 0 Å². The summed E-state index contributed by atoms with van der Waals surface area (Å²) in [7, 11) is 0. The van der Waals surface area contributed by atoms with Gasteiger partial charge in [0.25, 0.3) is 0 Å². The first-order valence-electron chi connectivity index (χ1n) is 12.9. The topological polar surface area (TPSA) is 81.8 Å². The summed E-state index contributed by atoms with van der Waals surface area (Å²) in [5, 5.41) is 6.51. The molecule has 2 aromatic carbocycles. The fourth-order valence-corrected chi connectivity index (χ4v) is 4.31. The second kappa shape index (κ2) is 15.5. The quantitative estimate of drug-likeness (QED) is 0.509. The molecule has 1 fully saturated rings. The highest BCUT2D eigenvalue weighted by molar-refractivity contribution is 5.91. The number of nitrogens with zero attached hydrogens (tertiary/aromatic N) is 2. The second-order valence-corrected chi connectivity index (χ2v) is 9.10. The zero-order valence-electron chi connectivity index (χ0n) is 21.0. The van der Waals surface area contributed by atoms with Crippen LogP contribution in [0.25, 0.3) is 6.08 Å². The molecule has 0 saturated carbocycles. The first kappa shape index (κ1) is 27.1. The van der Waals surface area contributed by atoms with Crippen molar-refractivity contribution in [2.75, 3.05) is 39.3 Å². The van der Waals surface area contributed by atoms with Gasteiger partial charge in [-0.1, -0.05) is 60.7 Å². The highest BCUT2D eigenvalue weighted by Crippen LogP contribution is 2.16. The van der Waals surface area contributed by atoms with Gasteiger partial charge >= 0.3 is 0 Å². The molecule has 0 aliphatic carbocycles. The van der Waals surface area contributed by atoms with Crippen molar-refractivity contribution < 1.29 is 14.4 Å². The summed E-state index contributed by atoms with van der Waals surface area (Å²) in [5.74, 6) is -0.0549.